The summed E-state index contributed by atoms with van der Waals surface area (Å²) in [6, 6.07) is 8.88. The van der Waals surface area contributed by atoms with Crippen LogP contribution in [0.2, 0.25) is 0 Å². The van der Waals surface area contributed by atoms with Gasteiger partial charge in [0.1, 0.15) is 5.82 Å². The highest BCUT2D eigenvalue weighted by Crippen LogP contribution is 2.29. The summed E-state index contributed by atoms with van der Waals surface area (Å²) in [6.07, 6.45) is 5.26. The molecule has 132 valence electrons. The van der Waals surface area contributed by atoms with Crippen molar-refractivity contribution >= 4 is 17.4 Å². The Bertz CT molecular complexity index is 702. The average Bonchev–Trinajstić information content (AvgIpc) is 2.62. The van der Waals surface area contributed by atoms with Crippen molar-refractivity contribution < 1.29 is 4.79 Å². The van der Waals surface area contributed by atoms with Gasteiger partial charge in [-0.15, -0.1) is 0 Å². The van der Waals surface area contributed by atoms with Crippen LogP contribution in [-0.2, 0) is 4.79 Å². The first-order valence-corrected chi connectivity index (χ1v) is 8.69. The second-order valence-electron chi connectivity index (χ2n) is 6.66. The Morgan fingerprint density at radius 1 is 1.20 bits per heavy atom. The number of piperazine rings is 1. The molecule has 1 atom stereocenters. The zero-order valence-electron chi connectivity index (χ0n) is 15.0. The van der Waals surface area contributed by atoms with Crippen molar-refractivity contribution in [3.8, 4) is 0 Å². The van der Waals surface area contributed by atoms with Gasteiger partial charge in [0.15, 0.2) is 0 Å². The molecule has 1 unspecified atom stereocenters. The molecule has 0 radical (unpaired) electrons. The Kier molecular flexibility index (Phi) is 5.28. The third-order valence-electron chi connectivity index (χ3n) is 4.57. The number of carbonyl (C=O) groups excluding carboxylic acids is 1. The molecule has 2 heterocycles. The predicted octanol–water partition coefficient (Wildman–Crippen LogP) is 2.71. The Balaban J connectivity index is 1.82. The first-order valence-electron chi connectivity index (χ1n) is 8.69. The van der Waals surface area contributed by atoms with E-state index in [0.29, 0.717) is 6.04 Å². The Morgan fingerprint density at radius 3 is 2.56 bits per heavy atom. The number of aromatic nitrogens is 2. The number of nitrogens with one attached hydrogen (secondary N) is 1. The third-order valence-corrected chi connectivity index (χ3v) is 4.57. The number of nitrogens with zero attached hydrogens (tertiary/aromatic N) is 4. The van der Waals surface area contributed by atoms with Gasteiger partial charge in [0.2, 0.25) is 5.91 Å². The van der Waals surface area contributed by atoms with E-state index in [9.17, 15) is 4.79 Å². The topological polar surface area (TPSA) is 61.4 Å². The molecule has 6 nitrogen and oxygen atoms in total. The number of hydrogen-bond acceptors (Lipinski definition) is 5. The monoisotopic (exact) mass is 339 g/mol. The second kappa shape index (κ2) is 7.61. The summed E-state index contributed by atoms with van der Waals surface area (Å²) in [5.41, 5.74) is 2.07. The summed E-state index contributed by atoms with van der Waals surface area (Å²) in [7, 11) is 0. The number of anilines is 2. The van der Waals surface area contributed by atoms with Crippen LogP contribution in [0.4, 0.5) is 11.5 Å². The van der Waals surface area contributed by atoms with E-state index >= 15 is 0 Å². The largest absolute Gasteiger partial charge is 0.352 e. The van der Waals surface area contributed by atoms with E-state index in [1.807, 2.05) is 18.3 Å². The van der Waals surface area contributed by atoms with Crippen LogP contribution in [0.15, 0.2) is 42.9 Å². The lowest BCUT2D eigenvalue weighted by molar-refractivity contribution is -0.114. The number of hydrogen-bond donors (Lipinski definition) is 1. The molecule has 1 aromatic carbocycles. The lowest BCUT2D eigenvalue weighted by atomic mass is 10.00. The summed E-state index contributed by atoms with van der Waals surface area (Å²) in [6.45, 7) is 8.78. The molecule has 1 fully saturated rings. The Hall–Kier alpha value is -2.47. The van der Waals surface area contributed by atoms with Crippen LogP contribution in [0, 0.1) is 0 Å². The van der Waals surface area contributed by atoms with Crippen LogP contribution in [0.3, 0.4) is 0 Å². The molecule has 0 spiro atoms. The van der Waals surface area contributed by atoms with Crippen molar-refractivity contribution in [3.05, 3.63) is 48.4 Å². The minimum absolute atomic E-state index is 0.0527. The molecule has 6 heteroatoms. The fourth-order valence-corrected chi connectivity index (χ4v) is 3.37. The summed E-state index contributed by atoms with van der Waals surface area (Å²) < 4.78 is 0. The predicted molar refractivity (Wildman–Crippen MR) is 99.6 cm³/mol. The molecule has 1 aliphatic rings. The van der Waals surface area contributed by atoms with Crippen LogP contribution in [-0.4, -0.2) is 46.5 Å². The van der Waals surface area contributed by atoms with E-state index in [0.717, 1.165) is 31.1 Å². The molecular formula is C19H25N5O. The smallest absolute Gasteiger partial charge is 0.221 e. The van der Waals surface area contributed by atoms with E-state index in [1.54, 1.807) is 12.4 Å². The quantitative estimate of drug-likeness (QED) is 0.928. The van der Waals surface area contributed by atoms with E-state index in [1.165, 1.54) is 12.5 Å². The lowest BCUT2D eigenvalue weighted by Crippen LogP contribution is -2.51. The Labute approximate surface area is 148 Å². The van der Waals surface area contributed by atoms with E-state index in [-0.39, 0.29) is 11.9 Å². The van der Waals surface area contributed by atoms with Gasteiger partial charge in [-0.05, 0) is 31.5 Å². The SMILES string of the molecule is CC(=O)Nc1ccc(C2CN(c3cnccn3)CCN2C(C)C)cc1. The molecule has 3 rings (SSSR count). The van der Waals surface area contributed by atoms with Gasteiger partial charge in [-0.1, -0.05) is 12.1 Å². The summed E-state index contributed by atoms with van der Waals surface area (Å²) in [4.78, 5) is 24.6. The number of benzene rings is 1. The highest BCUT2D eigenvalue weighted by Gasteiger charge is 2.30. The van der Waals surface area contributed by atoms with E-state index < -0.39 is 0 Å². The molecule has 1 aromatic heterocycles. The molecule has 0 bridgehead atoms. The molecule has 1 amide bonds. The zero-order chi connectivity index (χ0) is 17.8. The molecule has 1 saturated heterocycles. The molecule has 0 aliphatic carbocycles. The van der Waals surface area contributed by atoms with Crippen molar-refractivity contribution in [3.63, 3.8) is 0 Å². The van der Waals surface area contributed by atoms with Gasteiger partial charge >= 0.3 is 0 Å². The molecule has 25 heavy (non-hydrogen) atoms. The van der Waals surface area contributed by atoms with Gasteiger partial charge < -0.3 is 10.2 Å². The maximum atomic E-state index is 11.2. The Morgan fingerprint density at radius 2 is 1.96 bits per heavy atom. The lowest BCUT2D eigenvalue weighted by Gasteiger charge is -2.44. The first-order chi connectivity index (χ1) is 12.0. The normalized spacial score (nSPS) is 18.4. The summed E-state index contributed by atoms with van der Waals surface area (Å²) >= 11 is 0. The maximum absolute atomic E-state index is 11.2. The van der Waals surface area contributed by atoms with Gasteiger partial charge in [-0.25, -0.2) is 4.98 Å². The van der Waals surface area contributed by atoms with Gasteiger partial charge in [0.25, 0.3) is 0 Å². The standard InChI is InChI=1S/C19H25N5O/c1-14(2)24-11-10-23(19-12-20-8-9-21-19)13-18(24)16-4-6-17(7-5-16)22-15(3)25/h4-9,12,14,18H,10-11,13H2,1-3H3,(H,22,25). The van der Waals surface area contributed by atoms with Crippen LogP contribution < -0.4 is 10.2 Å². The molecule has 1 N–H and O–H groups in total. The highest BCUT2D eigenvalue weighted by atomic mass is 16.1. The number of amides is 1. The molecular weight excluding hydrogens is 314 g/mol. The van der Waals surface area contributed by atoms with Crippen molar-refractivity contribution in [2.24, 2.45) is 0 Å². The fourth-order valence-electron chi connectivity index (χ4n) is 3.37. The molecule has 2 aromatic rings. The van der Waals surface area contributed by atoms with E-state index in [2.05, 4.69) is 51.1 Å². The minimum atomic E-state index is -0.0527. The number of rotatable bonds is 4. The van der Waals surface area contributed by atoms with Crippen LogP contribution in [0.1, 0.15) is 32.4 Å². The number of carbonyl (C=O) groups is 1. The first kappa shape index (κ1) is 17.4. The molecule has 1 aliphatic heterocycles. The van der Waals surface area contributed by atoms with Gasteiger partial charge in [-0.2, -0.15) is 0 Å². The third kappa shape index (κ3) is 4.14. The van der Waals surface area contributed by atoms with Gasteiger partial charge in [0.05, 0.1) is 12.2 Å². The van der Waals surface area contributed by atoms with Gasteiger partial charge in [-0.3, -0.25) is 14.7 Å². The van der Waals surface area contributed by atoms with E-state index in [4.69, 9.17) is 0 Å². The summed E-state index contributed by atoms with van der Waals surface area (Å²) in [5, 5.41) is 2.82. The van der Waals surface area contributed by atoms with Crippen molar-refractivity contribution in [1.82, 2.24) is 14.9 Å². The van der Waals surface area contributed by atoms with Gasteiger partial charge in [0, 0.05) is 50.7 Å². The van der Waals surface area contributed by atoms with Crippen molar-refractivity contribution in [2.75, 3.05) is 29.9 Å². The zero-order valence-corrected chi connectivity index (χ0v) is 15.0. The van der Waals surface area contributed by atoms with Crippen LogP contribution in [0.25, 0.3) is 0 Å². The second-order valence-corrected chi connectivity index (χ2v) is 6.66. The van der Waals surface area contributed by atoms with Crippen molar-refractivity contribution in [2.45, 2.75) is 32.9 Å². The fraction of sp³-hybridized carbons (Fsp3) is 0.421. The maximum Gasteiger partial charge on any atom is 0.221 e. The summed E-state index contributed by atoms with van der Waals surface area (Å²) in [5.74, 6) is 0.869. The average molecular weight is 339 g/mol. The van der Waals surface area contributed by atoms with Crippen LogP contribution >= 0.6 is 0 Å². The molecule has 0 saturated carbocycles. The highest BCUT2D eigenvalue weighted by molar-refractivity contribution is 5.88. The van der Waals surface area contributed by atoms with Crippen LogP contribution in [0.5, 0.6) is 0 Å². The minimum Gasteiger partial charge on any atom is -0.352 e. The van der Waals surface area contributed by atoms with Crippen molar-refractivity contribution in [1.29, 1.82) is 0 Å².